The van der Waals surface area contributed by atoms with E-state index < -0.39 is 0 Å². The summed E-state index contributed by atoms with van der Waals surface area (Å²) in [5.74, 6) is 0.753. The summed E-state index contributed by atoms with van der Waals surface area (Å²) in [5, 5.41) is 4.94. The summed E-state index contributed by atoms with van der Waals surface area (Å²) in [6, 6.07) is 9.58. The number of thiazole rings is 1. The first-order valence-corrected chi connectivity index (χ1v) is 8.87. The summed E-state index contributed by atoms with van der Waals surface area (Å²) < 4.78 is 0. The van der Waals surface area contributed by atoms with Gasteiger partial charge in [-0.3, -0.25) is 0 Å². The normalized spacial score (nSPS) is 18.1. The average molecular weight is 298 g/mol. The number of hydrogen-bond donors (Lipinski definition) is 1. The molecular weight excluding hydrogens is 276 g/mol. The Kier molecular flexibility index (Phi) is 3.56. The second-order valence-corrected chi connectivity index (χ2v) is 7.68. The highest BCUT2D eigenvalue weighted by Gasteiger charge is 2.30. The Bertz CT molecular complexity index is 638. The summed E-state index contributed by atoms with van der Waals surface area (Å²) in [6.45, 7) is 3.19. The van der Waals surface area contributed by atoms with Gasteiger partial charge in [0.1, 0.15) is 0 Å². The van der Waals surface area contributed by atoms with Crippen LogP contribution in [0.3, 0.4) is 0 Å². The molecule has 0 unspecified atom stereocenters. The van der Waals surface area contributed by atoms with Gasteiger partial charge in [-0.1, -0.05) is 29.8 Å². The number of aryl methyl sites for hydroxylation is 1. The predicted octanol–water partition coefficient (Wildman–Crippen LogP) is 4.17. The molecule has 2 aliphatic rings. The molecule has 0 spiro atoms. The Balaban J connectivity index is 1.52. The van der Waals surface area contributed by atoms with Gasteiger partial charge >= 0.3 is 0 Å². The van der Waals surface area contributed by atoms with Gasteiger partial charge < -0.3 is 5.32 Å². The van der Waals surface area contributed by atoms with Crippen molar-refractivity contribution in [1.82, 2.24) is 10.3 Å². The zero-order valence-electron chi connectivity index (χ0n) is 12.6. The van der Waals surface area contributed by atoms with Crippen LogP contribution in [0, 0.1) is 6.92 Å². The van der Waals surface area contributed by atoms with Gasteiger partial charge in [0.05, 0.1) is 10.7 Å². The smallest absolute Gasteiger partial charge is 0.0975 e. The molecule has 1 N–H and O–H groups in total. The molecule has 2 aromatic rings. The largest absolute Gasteiger partial charge is 0.309 e. The van der Waals surface area contributed by atoms with E-state index in [-0.39, 0.29) is 0 Å². The molecule has 21 heavy (non-hydrogen) atoms. The Morgan fingerprint density at radius 2 is 2.10 bits per heavy atom. The van der Waals surface area contributed by atoms with Crippen molar-refractivity contribution in [3.05, 3.63) is 51.0 Å². The van der Waals surface area contributed by atoms with E-state index in [9.17, 15) is 0 Å². The molecule has 2 saturated carbocycles. The topological polar surface area (TPSA) is 24.9 Å². The lowest BCUT2D eigenvalue weighted by Gasteiger charge is -2.01. The fraction of sp³-hybridized carbons (Fsp3) is 0.500. The van der Waals surface area contributed by atoms with E-state index in [1.807, 2.05) is 11.3 Å². The monoisotopic (exact) mass is 298 g/mol. The Labute approximate surface area is 130 Å². The SMILES string of the molecule is Cc1cccc(Cc2nc(C3CC3)c(CNC3CC3)s2)c1. The summed E-state index contributed by atoms with van der Waals surface area (Å²) in [4.78, 5) is 6.47. The van der Waals surface area contributed by atoms with Crippen LogP contribution in [0.4, 0.5) is 0 Å². The van der Waals surface area contributed by atoms with Crippen LogP contribution < -0.4 is 5.32 Å². The van der Waals surface area contributed by atoms with Crippen molar-refractivity contribution < 1.29 is 0 Å². The molecule has 2 nitrogen and oxygen atoms in total. The fourth-order valence-electron chi connectivity index (χ4n) is 2.81. The van der Waals surface area contributed by atoms with Gasteiger partial charge in [0.2, 0.25) is 0 Å². The molecule has 0 saturated heterocycles. The summed E-state index contributed by atoms with van der Waals surface area (Å²) >= 11 is 1.92. The summed E-state index contributed by atoms with van der Waals surface area (Å²) in [5.41, 5.74) is 4.12. The van der Waals surface area contributed by atoms with Crippen LogP contribution in [-0.2, 0) is 13.0 Å². The lowest BCUT2D eigenvalue weighted by molar-refractivity contribution is 0.688. The van der Waals surface area contributed by atoms with Crippen molar-refractivity contribution in [2.75, 3.05) is 0 Å². The summed E-state index contributed by atoms with van der Waals surface area (Å²) in [7, 11) is 0. The van der Waals surface area contributed by atoms with Crippen LogP contribution in [-0.4, -0.2) is 11.0 Å². The zero-order chi connectivity index (χ0) is 14.2. The van der Waals surface area contributed by atoms with E-state index in [1.54, 1.807) is 0 Å². The highest BCUT2D eigenvalue weighted by atomic mass is 32.1. The summed E-state index contributed by atoms with van der Waals surface area (Å²) in [6.07, 6.45) is 6.37. The molecule has 0 amide bonds. The number of aromatic nitrogens is 1. The van der Waals surface area contributed by atoms with Crippen molar-refractivity contribution in [3.8, 4) is 0 Å². The van der Waals surface area contributed by atoms with Gasteiger partial charge in [-0.15, -0.1) is 11.3 Å². The van der Waals surface area contributed by atoms with Gasteiger partial charge in [-0.2, -0.15) is 0 Å². The van der Waals surface area contributed by atoms with E-state index >= 15 is 0 Å². The van der Waals surface area contributed by atoms with Gasteiger partial charge in [-0.05, 0) is 38.2 Å². The standard InChI is InChI=1S/C18H22N2S/c1-12-3-2-4-13(9-12)10-17-20-18(14-5-6-14)16(21-17)11-19-15-7-8-15/h2-4,9,14-15,19H,5-8,10-11H2,1H3. The van der Waals surface area contributed by atoms with Crippen LogP contribution in [0.5, 0.6) is 0 Å². The molecule has 3 heteroatoms. The van der Waals surface area contributed by atoms with Crippen molar-refractivity contribution in [2.24, 2.45) is 0 Å². The minimum Gasteiger partial charge on any atom is -0.309 e. The molecule has 0 radical (unpaired) electrons. The van der Waals surface area contributed by atoms with Crippen LogP contribution >= 0.6 is 11.3 Å². The van der Waals surface area contributed by atoms with E-state index in [1.165, 1.54) is 52.4 Å². The molecule has 1 heterocycles. The quantitative estimate of drug-likeness (QED) is 0.865. The number of benzene rings is 1. The van der Waals surface area contributed by atoms with Crippen LogP contribution in [0.15, 0.2) is 24.3 Å². The maximum atomic E-state index is 4.97. The van der Waals surface area contributed by atoms with E-state index in [0.717, 1.165) is 24.9 Å². The van der Waals surface area contributed by atoms with Gasteiger partial charge in [0, 0.05) is 29.8 Å². The first kappa shape index (κ1) is 13.5. The second kappa shape index (κ2) is 5.54. The Morgan fingerprint density at radius 3 is 2.81 bits per heavy atom. The maximum absolute atomic E-state index is 4.97. The Morgan fingerprint density at radius 1 is 1.24 bits per heavy atom. The lowest BCUT2D eigenvalue weighted by Crippen LogP contribution is -2.15. The number of nitrogens with one attached hydrogen (secondary N) is 1. The van der Waals surface area contributed by atoms with Gasteiger partial charge in [0.15, 0.2) is 0 Å². The van der Waals surface area contributed by atoms with Crippen molar-refractivity contribution in [3.63, 3.8) is 0 Å². The van der Waals surface area contributed by atoms with Crippen LogP contribution in [0.2, 0.25) is 0 Å². The molecule has 0 atom stereocenters. The molecule has 2 aliphatic carbocycles. The van der Waals surface area contributed by atoms with Crippen LogP contribution in [0.1, 0.15) is 58.3 Å². The Hall–Kier alpha value is -1.19. The molecule has 2 fully saturated rings. The fourth-order valence-corrected chi connectivity index (χ4v) is 3.95. The van der Waals surface area contributed by atoms with Gasteiger partial charge in [0.25, 0.3) is 0 Å². The molecular formula is C18H22N2S. The first-order valence-electron chi connectivity index (χ1n) is 8.05. The highest BCUT2D eigenvalue weighted by molar-refractivity contribution is 7.11. The molecule has 0 bridgehead atoms. The van der Waals surface area contributed by atoms with Crippen LogP contribution in [0.25, 0.3) is 0 Å². The molecule has 1 aromatic heterocycles. The lowest BCUT2D eigenvalue weighted by atomic mass is 10.1. The third-order valence-electron chi connectivity index (χ3n) is 4.30. The second-order valence-electron chi connectivity index (χ2n) is 6.51. The van der Waals surface area contributed by atoms with E-state index in [0.29, 0.717) is 0 Å². The predicted molar refractivity (Wildman–Crippen MR) is 87.9 cm³/mol. The zero-order valence-corrected chi connectivity index (χ0v) is 13.4. The molecule has 110 valence electrons. The van der Waals surface area contributed by atoms with Gasteiger partial charge in [-0.25, -0.2) is 4.98 Å². The first-order chi connectivity index (χ1) is 10.3. The number of rotatable bonds is 6. The number of hydrogen-bond acceptors (Lipinski definition) is 3. The van der Waals surface area contributed by atoms with E-state index in [4.69, 9.17) is 4.98 Å². The average Bonchev–Trinajstić information content (AvgIpc) is 3.37. The molecule has 1 aromatic carbocycles. The van der Waals surface area contributed by atoms with Crippen molar-refractivity contribution in [2.45, 2.75) is 57.5 Å². The minimum atomic E-state index is 0.753. The van der Waals surface area contributed by atoms with Crippen molar-refractivity contribution >= 4 is 11.3 Å². The van der Waals surface area contributed by atoms with E-state index in [2.05, 4.69) is 36.5 Å². The minimum absolute atomic E-state index is 0.753. The molecule has 4 rings (SSSR count). The highest BCUT2D eigenvalue weighted by Crippen LogP contribution is 2.43. The van der Waals surface area contributed by atoms with Crippen molar-refractivity contribution in [1.29, 1.82) is 0 Å². The number of nitrogens with zero attached hydrogens (tertiary/aromatic N) is 1. The third kappa shape index (κ3) is 3.35. The maximum Gasteiger partial charge on any atom is 0.0975 e. The third-order valence-corrected chi connectivity index (χ3v) is 5.37. The molecule has 0 aliphatic heterocycles.